The largest absolute Gasteiger partial charge is 0.323 e. The van der Waals surface area contributed by atoms with E-state index in [1.54, 1.807) is 6.07 Å². The van der Waals surface area contributed by atoms with Crippen LogP contribution in [0, 0.1) is 29.6 Å². The van der Waals surface area contributed by atoms with E-state index in [1.165, 1.54) is 0 Å². The Morgan fingerprint density at radius 3 is 2.71 bits per heavy atom. The molecule has 0 aliphatic carbocycles. The summed E-state index contributed by atoms with van der Waals surface area (Å²) in [4.78, 5) is 0. The quantitative estimate of drug-likeness (QED) is 0.763. The highest BCUT2D eigenvalue weighted by Crippen LogP contribution is 2.19. The van der Waals surface area contributed by atoms with Crippen molar-refractivity contribution in [3.8, 4) is 12.1 Å². The van der Waals surface area contributed by atoms with Crippen LogP contribution in [-0.2, 0) is 0 Å². The zero-order valence-electron chi connectivity index (χ0n) is 7.99. The molecule has 1 atom stereocenters. The van der Waals surface area contributed by atoms with E-state index in [-0.39, 0.29) is 12.5 Å². The van der Waals surface area contributed by atoms with Gasteiger partial charge in [-0.3, -0.25) is 0 Å². The van der Waals surface area contributed by atoms with Crippen LogP contribution in [0.4, 0.5) is 0 Å². The Hall–Kier alpha value is -1.84. The summed E-state index contributed by atoms with van der Waals surface area (Å²) in [7, 11) is 0. The highest BCUT2D eigenvalue weighted by atomic mass is 14.6. The van der Waals surface area contributed by atoms with Gasteiger partial charge in [-0.25, -0.2) is 0 Å². The highest BCUT2D eigenvalue weighted by molar-refractivity contribution is 5.42. The number of hydrogen-bond donors (Lipinski definition) is 1. The van der Waals surface area contributed by atoms with Crippen LogP contribution in [0.25, 0.3) is 0 Å². The SMILES string of the molecule is Cc1ccc(C#N)c(C(N)CC#N)c1. The molecule has 0 aliphatic heterocycles. The van der Waals surface area contributed by atoms with Crippen molar-refractivity contribution < 1.29 is 0 Å². The maximum Gasteiger partial charge on any atom is 0.0995 e. The Kier molecular flexibility index (Phi) is 3.23. The summed E-state index contributed by atoms with van der Waals surface area (Å²) in [6, 6.07) is 9.17. The summed E-state index contributed by atoms with van der Waals surface area (Å²) in [5, 5.41) is 17.4. The molecular weight excluding hydrogens is 174 g/mol. The summed E-state index contributed by atoms with van der Waals surface area (Å²) in [6.07, 6.45) is 0.234. The number of benzene rings is 1. The molecule has 0 saturated heterocycles. The van der Waals surface area contributed by atoms with Gasteiger partial charge in [-0.05, 0) is 18.6 Å². The third kappa shape index (κ3) is 2.10. The molecule has 3 heteroatoms. The lowest BCUT2D eigenvalue weighted by Gasteiger charge is -2.10. The van der Waals surface area contributed by atoms with Crippen molar-refractivity contribution in [2.75, 3.05) is 0 Å². The van der Waals surface area contributed by atoms with Crippen molar-refractivity contribution >= 4 is 0 Å². The number of hydrogen-bond acceptors (Lipinski definition) is 3. The average molecular weight is 185 g/mol. The summed E-state index contributed by atoms with van der Waals surface area (Å²) < 4.78 is 0. The monoisotopic (exact) mass is 185 g/mol. The van der Waals surface area contributed by atoms with Gasteiger partial charge in [0, 0.05) is 6.04 Å². The van der Waals surface area contributed by atoms with Gasteiger partial charge in [0.25, 0.3) is 0 Å². The molecule has 1 aromatic carbocycles. The molecule has 1 aromatic rings. The minimum atomic E-state index is -0.366. The Labute approximate surface area is 83.4 Å². The molecule has 0 radical (unpaired) electrons. The molecule has 1 unspecified atom stereocenters. The van der Waals surface area contributed by atoms with Gasteiger partial charge in [-0.15, -0.1) is 0 Å². The minimum absolute atomic E-state index is 0.234. The van der Waals surface area contributed by atoms with Gasteiger partial charge < -0.3 is 5.73 Å². The first kappa shape index (κ1) is 10.2. The maximum atomic E-state index is 8.84. The van der Waals surface area contributed by atoms with Gasteiger partial charge in [0.15, 0.2) is 0 Å². The first-order chi connectivity index (χ1) is 6.69. The molecule has 0 amide bonds. The molecule has 0 aromatic heterocycles. The van der Waals surface area contributed by atoms with Gasteiger partial charge in [0.1, 0.15) is 0 Å². The van der Waals surface area contributed by atoms with Crippen LogP contribution in [-0.4, -0.2) is 0 Å². The van der Waals surface area contributed by atoms with Crippen molar-refractivity contribution in [2.45, 2.75) is 19.4 Å². The third-order valence-corrected chi connectivity index (χ3v) is 2.04. The fourth-order valence-corrected chi connectivity index (χ4v) is 1.30. The van der Waals surface area contributed by atoms with Crippen LogP contribution in [0.15, 0.2) is 18.2 Å². The van der Waals surface area contributed by atoms with Crippen molar-refractivity contribution in [3.05, 3.63) is 34.9 Å². The first-order valence-corrected chi connectivity index (χ1v) is 4.32. The fraction of sp³-hybridized carbons (Fsp3) is 0.273. The minimum Gasteiger partial charge on any atom is -0.323 e. The van der Waals surface area contributed by atoms with E-state index in [0.29, 0.717) is 5.56 Å². The third-order valence-electron chi connectivity index (χ3n) is 2.04. The van der Waals surface area contributed by atoms with Crippen molar-refractivity contribution in [2.24, 2.45) is 5.73 Å². The number of nitrogens with two attached hydrogens (primary N) is 1. The molecule has 70 valence electrons. The zero-order valence-corrected chi connectivity index (χ0v) is 7.99. The van der Waals surface area contributed by atoms with Crippen molar-refractivity contribution in [1.82, 2.24) is 0 Å². The number of rotatable bonds is 2. The Morgan fingerprint density at radius 1 is 1.43 bits per heavy atom. The van der Waals surface area contributed by atoms with Crippen LogP contribution >= 0.6 is 0 Å². The molecular formula is C11H11N3. The lowest BCUT2D eigenvalue weighted by molar-refractivity contribution is 0.745. The van der Waals surface area contributed by atoms with Gasteiger partial charge in [0.2, 0.25) is 0 Å². The van der Waals surface area contributed by atoms with Crippen LogP contribution < -0.4 is 5.73 Å². The maximum absolute atomic E-state index is 8.84. The predicted molar refractivity (Wildman–Crippen MR) is 53.1 cm³/mol. The summed E-state index contributed by atoms with van der Waals surface area (Å²) in [5.41, 5.74) is 8.14. The first-order valence-electron chi connectivity index (χ1n) is 4.32. The lowest BCUT2D eigenvalue weighted by Crippen LogP contribution is -2.11. The summed E-state index contributed by atoms with van der Waals surface area (Å²) >= 11 is 0. The Balaban J connectivity index is 3.13. The second-order valence-electron chi connectivity index (χ2n) is 3.17. The molecule has 0 saturated carbocycles. The standard InChI is InChI=1S/C11H11N3/c1-8-2-3-9(7-13)10(6-8)11(14)4-5-12/h2-3,6,11H,4,14H2,1H3. The Bertz CT molecular complexity index is 410. The van der Waals surface area contributed by atoms with Crippen LogP contribution in [0.1, 0.15) is 29.2 Å². The Morgan fingerprint density at radius 2 is 2.14 bits per heavy atom. The van der Waals surface area contributed by atoms with E-state index in [1.807, 2.05) is 25.1 Å². The van der Waals surface area contributed by atoms with E-state index in [9.17, 15) is 0 Å². The fourth-order valence-electron chi connectivity index (χ4n) is 1.30. The molecule has 14 heavy (non-hydrogen) atoms. The van der Waals surface area contributed by atoms with Crippen LogP contribution in [0.3, 0.4) is 0 Å². The van der Waals surface area contributed by atoms with E-state index in [4.69, 9.17) is 16.3 Å². The molecule has 0 heterocycles. The van der Waals surface area contributed by atoms with Crippen LogP contribution in [0.2, 0.25) is 0 Å². The predicted octanol–water partition coefficient (Wildman–Crippen LogP) is 1.78. The van der Waals surface area contributed by atoms with Gasteiger partial charge >= 0.3 is 0 Å². The summed E-state index contributed by atoms with van der Waals surface area (Å²) in [5.74, 6) is 0. The normalized spacial score (nSPS) is 11.4. The molecule has 0 bridgehead atoms. The second-order valence-corrected chi connectivity index (χ2v) is 3.17. The number of nitrogens with zero attached hydrogens (tertiary/aromatic N) is 2. The van der Waals surface area contributed by atoms with Crippen molar-refractivity contribution in [3.63, 3.8) is 0 Å². The lowest BCUT2D eigenvalue weighted by atomic mass is 9.98. The van der Waals surface area contributed by atoms with Crippen molar-refractivity contribution in [1.29, 1.82) is 10.5 Å². The highest BCUT2D eigenvalue weighted by Gasteiger charge is 2.10. The smallest absolute Gasteiger partial charge is 0.0995 e. The molecule has 0 spiro atoms. The molecule has 0 fully saturated rings. The average Bonchev–Trinajstić information content (AvgIpc) is 2.18. The molecule has 2 N–H and O–H groups in total. The van der Waals surface area contributed by atoms with E-state index >= 15 is 0 Å². The van der Waals surface area contributed by atoms with E-state index < -0.39 is 0 Å². The molecule has 0 aliphatic rings. The second kappa shape index (κ2) is 4.41. The van der Waals surface area contributed by atoms with Gasteiger partial charge in [0.05, 0.1) is 24.1 Å². The molecule has 3 nitrogen and oxygen atoms in total. The van der Waals surface area contributed by atoms with E-state index in [0.717, 1.165) is 11.1 Å². The molecule has 1 rings (SSSR count). The van der Waals surface area contributed by atoms with E-state index in [2.05, 4.69) is 6.07 Å². The number of nitriles is 2. The topological polar surface area (TPSA) is 73.6 Å². The summed E-state index contributed by atoms with van der Waals surface area (Å²) in [6.45, 7) is 1.93. The van der Waals surface area contributed by atoms with Crippen LogP contribution in [0.5, 0.6) is 0 Å². The number of aryl methyl sites for hydroxylation is 1. The zero-order chi connectivity index (χ0) is 10.6. The van der Waals surface area contributed by atoms with Gasteiger partial charge in [-0.1, -0.05) is 17.7 Å². The van der Waals surface area contributed by atoms with Gasteiger partial charge in [-0.2, -0.15) is 10.5 Å².